The molecule has 4 rings (SSSR count). The van der Waals surface area contributed by atoms with Gasteiger partial charge in [-0.05, 0) is 24.6 Å². The fraction of sp³-hybridized carbons (Fsp3) is 0.444. The zero-order valence-corrected chi connectivity index (χ0v) is 13.9. The summed E-state index contributed by atoms with van der Waals surface area (Å²) in [6.07, 6.45) is 0.932. The number of benzene rings is 1. The smallest absolute Gasteiger partial charge is 0.254 e. The molecule has 132 valence electrons. The largest absolute Gasteiger partial charge is 0.337 e. The molecular formula is C18H21FN4O2. The highest BCUT2D eigenvalue weighted by molar-refractivity contribution is 6.06. The topological polar surface area (TPSA) is 68.4 Å². The van der Waals surface area contributed by atoms with Crippen LogP contribution in [0.2, 0.25) is 0 Å². The summed E-state index contributed by atoms with van der Waals surface area (Å²) in [5.74, 6) is -0.618. The van der Waals surface area contributed by atoms with Gasteiger partial charge in [-0.25, -0.2) is 4.39 Å². The van der Waals surface area contributed by atoms with Crippen LogP contribution in [0.3, 0.4) is 0 Å². The van der Waals surface area contributed by atoms with Crippen LogP contribution in [0.1, 0.15) is 16.8 Å². The van der Waals surface area contributed by atoms with Crippen molar-refractivity contribution in [2.24, 2.45) is 0 Å². The van der Waals surface area contributed by atoms with Crippen LogP contribution in [0.15, 0.2) is 29.1 Å². The number of amides is 1. The summed E-state index contributed by atoms with van der Waals surface area (Å²) >= 11 is 0. The number of carbonyl (C=O) groups is 1. The standard InChI is InChI=1S/C18H21FN4O2/c19-12-1-2-16-14(9-12)15(10-17(24)21-16)18(25)23-6-3-13(11-23)22-7-4-20-5-8-22/h1-2,9-10,13,20H,3-8,11H2,(H,21,24). The Morgan fingerprint density at radius 3 is 2.76 bits per heavy atom. The number of H-pyrrole nitrogens is 1. The first-order valence-electron chi connectivity index (χ1n) is 8.68. The average molecular weight is 344 g/mol. The summed E-state index contributed by atoms with van der Waals surface area (Å²) in [4.78, 5) is 31.7. The zero-order valence-electron chi connectivity index (χ0n) is 13.9. The third-order valence-corrected chi connectivity index (χ3v) is 5.15. The van der Waals surface area contributed by atoms with Crippen molar-refractivity contribution >= 4 is 16.8 Å². The van der Waals surface area contributed by atoms with Crippen LogP contribution < -0.4 is 10.9 Å². The van der Waals surface area contributed by atoms with Crippen LogP contribution >= 0.6 is 0 Å². The molecule has 0 spiro atoms. The minimum absolute atomic E-state index is 0.195. The Kier molecular flexibility index (Phi) is 4.27. The van der Waals surface area contributed by atoms with E-state index in [1.807, 2.05) is 0 Å². The number of nitrogens with zero attached hydrogens (tertiary/aromatic N) is 2. The predicted molar refractivity (Wildman–Crippen MR) is 93.3 cm³/mol. The molecule has 0 saturated carbocycles. The van der Waals surface area contributed by atoms with E-state index in [1.54, 1.807) is 4.90 Å². The summed E-state index contributed by atoms with van der Waals surface area (Å²) in [5, 5.41) is 3.79. The highest BCUT2D eigenvalue weighted by Crippen LogP contribution is 2.22. The maximum atomic E-state index is 13.6. The van der Waals surface area contributed by atoms with Crippen LogP contribution in [0.4, 0.5) is 4.39 Å². The van der Waals surface area contributed by atoms with Crippen molar-refractivity contribution in [3.8, 4) is 0 Å². The van der Waals surface area contributed by atoms with Gasteiger partial charge in [-0.2, -0.15) is 0 Å². The van der Waals surface area contributed by atoms with E-state index in [0.29, 0.717) is 30.0 Å². The molecule has 2 aromatic rings. The van der Waals surface area contributed by atoms with Gasteiger partial charge >= 0.3 is 0 Å². The number of halogens is 1. The third-order valence-electron chi connectivity index (χ3n) is 5.15. The Hall–Kier alpha value is -2.25. The molecule has 2 aliphatic heterocycles. The molecule has 0 aliphatic carbocycles. The van der Waals surface area contributed by atoms with Crippen LogP contribution in [0.5, 0.6) is 0 Å². The number of likely N-dealkylation sites (tertiary alicyclic amines) is 1. The van der Waals surface area contributed by atoms with Crippen LogP contribution in [0.25, 0.3) is 10.9 Å². The lowest BCUT2D eigenvalue weighted by atomic mass is 10.1. The number of fused-ring (bicyclic) bond motifs is 1. The molecule has 0 bridgehead atoms. The van der Waals surface area contributed by atoms with Crippen molar-refractivity contribution in [1.82, 2.24) is 20.1 Å². The number of piperazine rings is 1. The molecule has 1 amide bonds. The third kappa shape index (κ3) is 3.17. The number of rotatable bonds is 2. The number of nitrogens with one attached hydrogen (secondary N) is 2. The van der Waals surface area contributed by atoms with Gasteiger partial charge < -0.3 is 15.2 Å². The van der Waals surface area contributed by atoms with Gasteiger partial charge in [0.15, 0.2) is 0 Å². The minimum Gasteiger partial charge on any atom is -0.337 e. The van der Waals surface area contributed by atoms with Gasteiger partial charge in [-0.3, -0.25) is 14.5 Å². The monoisotopic (exact) mass is 344 g/mol. The van der Waals surface area contributed by atoms with E-state index in [4.69, 9.17) is 0 Å². The molecule has 7 heteroatoms. The maximum Gasteiger partial charge on any atom is 0.254 e. The highest BCUT2D eigenvalue weighted by atomic mass is 19.1. The second-order valence-electron chi connectivity index (χ2n) is 6.72. The van der Waals surface area contributed by atoms with E-state index in [2.05, 4.69) is 15.2 Å². The molecule has 1 unspecified atom stereocenters. The molecule has 25 heavy (non-hydrogen) atoms. The Bertz CT molecular complexity index is 860. The van der Waals surface area contributed by atoms with E-state index in [1.165, 1.54) is 24.3 Å². The minimum atomic E-state index is -0.422. The summed E-state index contributed by atoms with van der Waals surface area (Å²) in [7, 11) is 0. The van der Waals surface area contributed by atoms with Crippen molar-refractivity contribution in [3.05, 3.63) is 46.0 Å². The summed E-state index contributed by atoms with van der Waals surface area (Å²) < 4.78 is 13.6. The van der Waals surface area contributed by atoms with Crippen molar-refractivity contribution in [2.45, 2.75) is 12.5 Å². The lowest BCUT2D eigenvalue weighted by Gasteiger charge is -2.32. The summed E-state index contributed by atoms with van der Waals surface area (Å²) in [6, 6.07) is 5.72. The fourth-order valence-electron chi connectivity index (χ4n) is 3.84. The van der Waals surface area contributed by atoms with Gasteiger partial charge in [-0.15, -0.1) is 0 Å². The van der Waals surface area contributed by atoms with Crippen molar-refractivity contribution < 1.29 is 9.18 Å². The van der Waals surface area contributed by atoms with Gasteiger partial charge in [0.05, 0.1) is 5.56 Å². The van der Waals surface area contributed by atoms with Gasteiger partial charge in [0.1, 0.15) is 5.82 Å². The second-order valence-corrected chi connectivity index (χ2v) is 6.72. The molecular weight excluding hydrogens is 323 g/mol. The van der Waals surface area contributed by atoms with Crippen LogP contribution in [-0.2, 0) is 0 Å². The lowest BCUT2D eigenvalue weighted by Crippen LogP contribution is -2.49. The predicted octanol–water partition coefficient (Wildman–Crippen LogP) is 0.787. The molecule has 2 N–H and O–H groups in total. The molecule has 2 saturated heterocycles. The number of aromatic nitrogens is 1. The second kappa shape index (κ2) is 6.57. The van der Waals surface area contributed by atoms with E-state index in [-0.39, 0.29) is 17.0 Å². The van der Waals surface area contributed by atoms with E-state index >= 15 is 0 Å². The number of aromatic amines is 1. The first-order chi connectivity index (χ1) is 12.1. The van der Waals surface area contributed by atoms with Crippen molar-refractivity contribution in [2.75, 3.05) is 39.3 Å². The molecule has 0 radical (unpaired) electrons. The van der Waals surface area contributed by atoms with Crippen molar-refractivity contribution in [3.63, 3.8) is 0 Å². The summed E-state index contributed by atoms with van der Waals surface area (Å²) in [6.45, 7) is 5.25. The van der Waals surface area contributed by atoms with Gasteiger partial charge in [0.25, 0.3) is 5.91 Å². The normalized spacial score (nSPS) is 21.8. The van der Waals surface area contributed by atoms with Crippen LogP contribution in [-0.4, -0.2) is 66.0 Å². The van der Waals surface area contributed by atoms with Gasteiger partial charge in [-0.1, -0.05) is 0 Å². The Labute approximate surface area is 144 Å². The zero-order chi connectivity index (χ0) is 17.4. The molecule has 1 aromatic carbocycles. The molecule has 1 aromatic heterocycles. The Morgan fingerprint density at radius 2 is 1.96 bits per heavy atom. The van der Waals surface area contributed by atoms with E-state index < -0.39 is 5.82 Å². The SMILES string of the molecule is O=C(c1cc(=O)[nH]c2ccc(F)cc12)N1CCC(N2CCNCC2)C1. The van der Waals surface area contributed by atoms with Crippen molar-refractivity contribution in [1.29, 1.82) is 0 Å². The number of pyridine rings is 1. The molecule has 6 nitrogen and oxygen atoms in total. The van der Waals surface area contributed by atoms with E-state index in [0.717, 1.165) is 32.6 Å². The lowest BCUT2D eigenvalue weighted by molar-refractivity contribution is 0.0775. The molecule has 2 aliphatic rings. The molecule has 2 fully saturated rings. The number of hydrogen-bond acceptors (Lipinski definition) is 4. The maximum absolute atomic E-state index is 13.6. The Balaban J connectivity index is 1.60. The average Bonchev–Trinajstić information content (AvgIpc) is 3.12. The first-order valence-corrected chi connectivity index (χ1v) is 8.68. The van der Waals surface area contributed by atoms with Gasteiger partial charge in [0, 0.05) is 62.3 Å². The quantitative estimate of drug-likeness (QED) is 0.845. The molecule has 1 atom stereocenters. The summed E-state index contributed by atoms with van der Waals surface area (Å²) in [5.41, 5.74) is 0.412. The number of hydrogen-bond donors (Lipinski definition) is 2. The fourth-order valence-corrected chi connectivity index (χ4v) is 3.84. The van der Waals surface area contributed by atoms with Crippen LogP contribution in [0, 0.1) is 5.82 Å². The first kappa shape index (κ1) is 16.2. The molecule has 3 heterocycles. The van der Waals surface area contributed by atoms with E-state index in [9.17, 15) is 14.0 Å². The number of carbonyl (C=O) groups excluding carboxylic acids is 1. The Morgan fingerprint density at radius 1 is 1.16 bits per heavy atom. The highest BCUT2D eigenvalue weighted by Gasteiger charge is 2.32. The van der Waals surface area contributed by atoms with Gasteiger partial charge in [0.2, 0.25) is 5.56 Å².